The molecule has 8 nitrogen and oxygen atoms in total. The Labute approximate surface area is 179 Å². The molecule has 0 fully saturated rings. The number of aromatic nitrogens is 3. The van der Waals surface area contributed by atoms with Crippen LogP contribution < -0.4 is 20.3 Å². The third kappa shape index (κ3) is 3.50. The van der Waals surface area contributed by atoms with Crippen LogP contribution in [0.3, 0.4) is 0 Å². The quantitative estimate of drug-likeness (QED) is 0.536. The fourth-order valence-corrected chi connectivity index (χ4v) is 3.92. The third-order valence-corrected chi connectivity index (χ3v) is 5.38. The van der Waals surface area contributed by atoms with Crippen LogP contribution in [0, 0.1) is 20.8 Å². The summed E-state index contributed by atoms with van der Waals surface area (Å²) in [6, 6.07) is 10.9. The van der Waals surface area contributed by atoms with Crippen molar-refractivity contribution in [1.82, 2.24) is 14.2 Å². The van der Waals surface area contributed by atoms with Crippen molar-refractivity contribution in [3.8, 4) is 11.5 Å². The predicted octanol–water partition coefficient (Wildman–Crippen LogP) is 3.23. The first kappa shape index (κ1) is 20.5. The van der Waals surface area contributed by atoms with Gasteiger partial charge in [-0.2, -0.15) is 4.98 Å². The molecule has 0 unspecified atom stereocenters. The smallest absolute Gasteiger partial charge is 0.273 e. The molecule has 0 aliphatic carbocycles. The normalized spacial score (nSPS) is 11.1. The number of hydrogen-bond donors (Lipinski definition) is 1. The van der Waals surface area contributed by atoms with Crippen molar-refractivity contribution in [3.05, 3.63) is 63.6 Å². The van der Waals surface area contributed by atoms with Gasteiger partial charge in [0.15, 0.2) is 17.1 Å². The van der Waals surface area contributed by atoms with Crippen molar-refractivity contribution in [1.29, 1.82) is 0 Å². The number of nitrogens with one attached hydrogen (secondary N) is 1. The summed E-state index contributed by atoms with van der Waals surface area (Å²) >= 11 is 0. The maximum atomic E-state index is 13.0. The van der Waals surface area contributed by atoms with E-state index in [1.807, 2.05) is 39.0 Å². The number of carbonyl (C=O) groups excluding carboxylic acids is 1. The fourth-order valence-electron chi connectivity index (χ4n) is 3.92. The summed E-state index contributed by atoms with van der Waals surface area (Å²) in [5, 5.41) is 3.71. The summed E-state index contributed by atoms with van der Waals surface area (Å²) in [6.45, 7) is 5.75. The third-order valence-electron chi connectivity index (χ3n) is 5.38. The first-order valence-electron chi connectivity index (χ1n) is 9.85. The number of amides is 1. The minimum absolute atomic E-state index is 0.0225. The number of nitrogens with zero attached hydrogens (tertiary/aromatic N) is 3. The number of ether oxygens (including phenoxy) is 2. The van der Waals surface area contributed by atoms with E-state index in [1.54, 1.807) is 35.5 Å². The summed E-state index contributed by atoms with van der Waals surface area (Å²) in [6.07, 6.45) is 0. The van der Waals surface area contributed by atoms with Crippen LogP contribution in [0.5, 0.6) is 11.5 Å². The van der Waals surface area contributed by atoms with Crippen LogP contribution in [0.1, 0.15) is 16.8 Å². The topological polar surface area (TPSA) is 86.9 Å². The number of benzene rings is 2. The van der Waals surface area contributed by atoms with Gasteiger partial charge in [-0.1, -0.05) is 18.2 Å². The lowest BCUT2D eigenvalue weighted by molar-refractivity contribution is -0.116. The Bertz CT molecular complexity index is 1360. The molecule has 0 atom stereocenters. The van der Waals surface area contributed by atoms with E-state index in [1.165, 1.54) is 6.07 Å². The second-order valence-corrected chi connectivity index (χ2v) is 7.47. The Balaban J connectivity index is 1.89. The monoisotopic (exact) mass is 420 g/mol. The standard InChI is InChI=1S/C23H24N4O4/c1-13-7-6-8-14(2)22(13)24-21(29)12-26-17-11-19(31-5)18(30-4)10-16(17)23-25-20(28)9-15(3)27(23)26/h6-11H,12H2,1-5H3,(H,24,29). The number of aryl methyl sites for hydroxylation is 3. The summed E-state index contributed by atoms with van der Waals surface area (Å²) in [4.78, 5) is 29.3. The van der Waals surface area contributed by atoms with Crippen LogP contribution in [-0.4, -0.2) is 34.3 Å². The summed E-state index contributed by atoms with van der Waals surface area (Å²) in [5.41, 5.74) is 4.27. The van der Waals surface area contributed by atoms with Gasteiger partial charge < -0.3 is 14.8 Å². The Morgan fingerprint density at radius 2 is 1.68 bits per heavy atom. The van der Waals surface area contributed by atoms with E-state index < -0.39 is 0 Å². The molecule has 0 aliphatic heterocycles. The van der Waals surface area contributed by atoms with Gasteiger partial charge in [0, 0.05) is 28.9 Å². The van der Waals surface area contributed by atoms with Gasteiger partial charge >= 0.3 is 0 Å². The van der Waals surface area contributed by atoms with E-state index in [0.717, 1.165) is 16.8 Å². The molecule has 0 radical (unpaired) electrons. The number of fused-ring (bicyclic) bond motifs is 3. The Morgan fingerprint density at radius 3 is 2.32 bits per heavy atom. The Kier molecular flexibility index (Phi) is 5.14. The highest BCUT2D eigenvalue weighted by Crippen LogP contribution is 2.34. The maximum absolute atomic E-state index is 13.0. The van der Waals surface area contributed by atoms with Gasteiger partial charge in [0.05, 0.1) is 19.7 Å². The largest absolute Gasteiger partial charge is 0.493 e. The van der Waals surface area contributed by atoms with Crippen LogP contribution in [0.4, 0.5) is 5.69 Å². The molecule has 1 N–H and O–H groups in total. The summed E-state index contributed by atoms with van der Waals surface area (Å²) in [7, 11) is 3.10. The number of rotatable bonds is 5. The molecule has 0 saturated carbocycles. The van der Waals surface area contributed by atoms with Crippen molar-refractivity contribution >= 4 is 28.1 Å². The SMILES string of the molecule is COc1cc2c(cc1OC)n(CC(=O)Nc1c(C)cccc1C)n1c(C)cc(=O)nc21. The van der Waals surface area contributed by atoms with Gasteiger partial charge in [-0.15, -0.1) is 0 Å². The molecule has 2 aromatic carbocycles. The second kappa shape index (κ2) is 7.79. The minimum Gasteiger partial charge on any atom is -0.493 e. The lowest BCUT2D eigenvalue weighted by Gasteiger charge is -2.14. The van der Waals surface area contributed by atoms with Crippen molar-refractivity contribution in [3.63, 3.8) is 0 Å². The zero-order chi connectivity index (χ0) is 22.3. The van der Waals surface area contributed by atoms with Gasteiger partial charge in [-0.05, 0) is 38.0 Å². The predicted molar refractivity (Wildman–Crippen MR) is 119 cm³/mol. The van der Waals surface area contributed by atoms with Crippen LogP contribution in [0.25, 0.3) is 16.6 Å². The molecule has 0 bridgehead atoms. The maximum Gasteiger partial charge on any atom is 0.273 e. The van der Waals surface area contributed by atoms with E-state index in [4.69, 9.17) is 9.47 Å². The molecule has 1 amide bonds. The molecule has 160 valence electrons. The van der Waals surface area contributed by atoms with E-state index >= 15 is 0 Å². The van der Waals surface area contributed by atoms with E-state index in [0.29, 0.717) is 33.7 Å². The van der Waals surface area contributed by atoms with E-state index in [-0.39, 0.29) is 18.0 Å². The van der Waals surface area contributed by atoms with Gasteiger partial charge in [0.1, 0.15) is 6.54 Å². The fraction of sp³-hybridized carbons (Fsp3) is 0.261. The van der Waals surface area contributed by atoms with Crippen molar-refractivity contribution in [2.75, 3.05) is 19.5 Å². The first-order valence-corrected chi connectivity index (χ1v) is 9.85. The number of para-hydroxylation sites is 1. The number of carbonyl (C=O) groups is 1. The molecule has 2 aromatic heterocycles. The van der Waals surface area contributed by atoms with Crippen LogP contribution in [0.2, 0.25) is 0 Å². The molecule has 0 saturated heterocycles. The molecule has 4 rings (SSSR count). The average Bonchev–Trinajstić information content (AvgIpc) is 3.02. The number of methoxy groups -OCH3 is 2. The zero-order valence-corrected chi connectivity index (χ0v) is 18.1. The molecule has 4 aromatic rings. The Hall–Kier alpha value is -3.81. The van der Waals surface area contributed by atoms with Crippen molar-refractivity contribution < 1.29 is 14.3 Å². The lowest BCUT2D eigenvalue weighted by atomic mass is 10.1. The van der Waals surface area contributed by atoms with Gasteiger partial charge in [0.25, 0.3) is 5.56 Å². The van der Waals surface area contributed by atoms with Crippen molar-refractivity contribution in [2.24, 2.45) is 0 Å². The van der Waals surface area contributed by atoms with Gasteiger partial charge in [-0.3, -0.25) is 14.3 Å². The molecule has 2 heterocycles. The molecule has 0 spiro atoms. The van der Waals surface area contributed by atoms with Gasteiger partial charge in [-0.25, -0.2) is 4.52 Å². The first-order chi connectivity index (χ1) is 14.8. The number of hydrogen-bond acceptors (Lipinski definition) is 5. The molecule has 0 aliphatic rings. The van der Waals surface area contributed by atoms with Crippen LogP contribution in [-0.2, 0) is 11.3 Å². The van der Waals surface area contributed by atoms with Crippen LogP contribution >= 0.6 is 0 Å². The average molecular weight is 420 g/mol. The second-order valence-electron chi connectivity index (χ2n) is 7.47. The van der Waals surface area contributed by atoms with E-state index in [2.05, 4.69) is 10.3 Å². The van der Waals surface area contributed by atoms with Crippen molar-refractivity contribution in [2.45, 2.75) is 27.3 Å². The zero-order valence-electron chi connectivity index (χ0n) is 18.1. The highest BCUT2D eigenvalue weighted by molar-refractivity contribution is 5.97. The molecular weight excluding hydrogens is 396 g/mol. The van der Waals surface area contributed by atoms with E-state index in [9.17, 15) is 9.59 Å². The van der Waals surface area contributed by atoms with Gasteiger partial charge in [0.2, 0.25) is 5.91 Å². The highest BCUT2D eigenvalue weighted by atomic mass is 16.5. The minimum atomic E-state index is -0.341. The lowest BCUT2D eigenvalue weighted by Crippen LogP contribution is -2.23. The summed E-state index contributed by atoms with van der Waals surface area (Å²) in [5.74, 6) is 0.851. The molecular formula is C23H24N4O4. The summed E-state index contributed by atoms with van der Waals surface area (Å²) < 4.78 is 14.4. The highest BCUT2D eigenvalue weighted by Gasteiger charge is 2.19. The Morgan fingerprint density at radius 1 is 1.03 bits per heavy atom. The number of anilines is 1. The molecule has 31 heavy (non-hydrogen) atoms. The molecule has 8 heteroatoms. The van der Waals surface area contributed by atoms with Crippen LogP contribution in [0.15, 0.2) is 41.2 Å².